The zero-order valence-electron chi connectivity index (χ0n) is 14.6. The standard InChI is InChI=1S/C20H19FN4O/c1-13-9-14(2)11-16(10-13)23-20(26)18-7-8-19(25-24-18)22-12-15-5-3-4-6-17(15)21/h3-11H,12H2,1-2H3,(H,22,25)(H,23,26). The molecular weight excluding hydrogens is 331 g/mol. The van der Waals surface area contributed by atoms with Gasteiger partial charge in [0, 0.05) is 17.8 Å². The third-order valence-corrected chi connectivity index (χ3v) is 3.79. The lowest BCUT2D eigenvalue weighted by Gasteiger charge is -2.08. The summed E-state index contributed by atoms with van der Waals surface area (Å²) in [7, 11) is 0. The Bertz CT molecular complexity index is 905. The van der Waals surface area contributed by atoms with Gasteiger partial charge in [0.05, 0.1) is 0 Å². The van der Waals surface area contributed by atoms with E-state index in [0.717, 1.165) is 16.8 Å². The largest absolute Gasteiger partial charge is 0.364 e. The molecule has 0 aliphatic carbocycles. The molecule has 0 aliphatic rings. The number of halogens is 1. The van der Waals surface area contributed by atoms with Crippen LogP contribution in [0.25, 0.3) is 0 Å². The predicted octanol–water partition coefficient (Wildman–Crippen LogP) is 4.10. The first kappa shape index (κ1) is 17.5. The molecule has 1 heterocycles. The molecule has 26 heavy (non-hydrogen) atoms. The first-order chi connectivity index (χ1) is 12.5. The van der Waals surface area contributed by atoms with Gasteiger partial charge in [0.1, 0.15) is 11.6 Å². The van der Waals surface area contributed by atoms with Crippen LogP contribution in [0.5, 0.6) is 0 Å². The second-order valence-electron chi connectivity index (χ2n) is 6.08. The van der Waals surface area contributed by atoms with Gasteiger partial charge in [0.2, 0.25) is 0 Å². The fourth-order valence-electron chi connectivity index (χ4n) is 2.62. The highest BCUT2D eigenvalue weighted by Crippen LogP contribution is 2.15. The van der Waals surface area contributed by atoms with Crippen molar-refractivity contribution in [3.63, 3.8) is 0 Å². The Balaban J connectivity index is 1.63. The third-order valence-electron chi connectivity index (χ3n) is 3.79. The van der Waals surface area contributed by atoms with Crippen LogP contribution in [0, 0.1) is 19.7 Å². The normalized spacial score (nSPS) is 10.4. The van der Waals surface area contributed by atoms with Gasteiger partial charge >= 0.3 is 0 Å². The minimum atomic E-state index is -0.330. The van der Waals surface area contributed by atoms with E-state index >= 15 is 0 Å². The van der Waals surface area contributed by atoms with Crippen LogP contribution in [0.15, 0.2) is 54.6 Å². The van der Waals surface area contributed by atoms with E-state index in [9.17, 15) is 9.18 Å². The molecule has 2 aromatic carbocycles. The number of benzene rings is 2. The minimum Gasteiger partial charge on any atom is -0.364 e. The van der Waals surface area contributed by atoms with Crippen molar-refractivity contribution in [2.75, 3.05) is 10.6 Å². The molecule has 0 aliphatic heterocycles. The number of carbonyl (C=O) groups excluding carboxylic acids is 1. The van der Waals surface area contributed by atoms with Crippen LogP contribution in [-0.4, -0.2) is 16.1 Å². The van der Waals surface area contributed by atoms with Crippen molar-refractivity contribution in [1.82, 2.24) is 10.2 Å². The Labute approximate surface area is 151 Å². The fraction of sp³-hybridized carbons (Fsp3) is 0.150. The highest BCUT2D eigenvalue weighted by atomic mass is 19.1. The van der Waals surface area contributed by atoms with E-state index in [2.05, 4.69) is 20.8 Å². The predicted molar refractivity (Wildman–Crippen MR) is 99.6 cm³/mol. The lowest BCUT2D eigenvalue weighted by molar-refractivity contribution is 0.102. The maximum atomic E-state index is 13.6. The Morgan fingerprint density at radius 3 is 2.38 bits per heavy atom. The number of carbonyl (C=O) groups is 1. The van der Waals surface area contributed by atoms with Crippen LogP contribution in [0.4, 0.5) is 15.9 Å². The molecule has 132 valence electrons. The monoisotopic (exact) mass is 350 g/mol. The molecule has 2 N–H and O–H groups in total. The highest BCUT2D eigenvalue weighted by molar-refractivity contribution is 6.02. The third kappa shape index (κ3) is 4.42. The zero-order valence-corrected chi connectivity index (χ0v) is 14.6. The van der Waals surface area contributed by atoms with Crippen LogP contribution in [0.1, 0.15) is 27.2 Å². The lowest BCUT2D eigenvalue weighted by atomic mass is 10.1. The van der Waals surface area contributed by atoms with E-state index in [1.54, 1.807) is 30.3 Å². The van der Waals surface area contributed by atoms with Gasteiger partial charge in [0.25, 0.3) is 5.91 Å². The van der Waals surface area contributed by atoms with E-state index in [1.165, 1.54) is 6.07 Å². The molecule has 6 heteroatoms. The number of rotatable bonds is 5. The summed E-state index contributed by atoms with van der Waals surface area (Å²) in [6.07, 6.45) is 0. The van der Waals surface area contributed by atoms with Gasteiger partial charge in [-0.15, -0.1) is 10.2 Å². The number of nitrogens with one attached hydrogen (secondary N) is 2. The maximum Gasteiger partial charge on any atom is 0.276 e. The molecular formula is C20H19FN4O. The average molecular weight is 350 g/mol. The minimum absolute atomic E-state index is 0.209. The zero-order chi connectivity index (χ0) is 18.5. The van der Waals surface area contributed by atoms with Gasteiger partial charge in [0.15, 0.2) is 5.69 Å². The number of anilines is 2. The molecule has 0 fully saturated rings. The van der Waals surface area contributed by atoms with Crippen LogP contribution in [0.2, 0.25) is 0 Å². The highest BCUT2D eigenvalue weighted by Gasteiger charge is 2.09. The van der Waals surface area contributed by atoms with Crippen molar-refractivity contribution in [3.8, 4) is 0 Å². The van der Waals surface area contributed by atoms with Gasteiger partial charge in [-0.2, -0.15) is 0 Å². The Morgan fingerprint density at radius 2 is 1.73 bits per heavy atom. The molecule has 5 nitrogen and oxygen atoms in total. The van der Waals surface area contributed by atoms with E-state index in [1.807, 2.05) is 32.0 Å². The van der Waals surface area contributed by atoms with Gasteiger partial charge in [-0.25, -0.2) is 4.39 Å². The summed E-state index contributed by atoms with van der Waals surface area (Å²) >= 11 is 0. The number of aryl methyl sites for hydroxylation is 2. The van der Waals surface area contributed by atoms with Crippen molar-refractivity contribution < 1.29 is 9.18 Å². The van der Waals surface area contributed by atoms with Gasteiger partial charge in [-0.1, -0.05) is 24.3 Å². The second-order valence-corrected chi connectivity index (χ2v) is 6.08. The topological polar surface area (TPSA) is 66.9 Å². The molecule has 0 saturated heterocycles. The molecule has 0 unspecified atom stereocenters. The van der Waals surface area contributed by atoms with Crippen molar-refractivity contribution in [2.24, 2.45) is 0 Å². The molecule has 0 atom stereocenters. The smallest absolute Gasteiger partial charge is 0.276 e. The molecule has 1 amide bonds. The molecule has 3 aromatic rings. The molecule has 0 spiro atoms. The first-order valence-corrected chi connectivity index (χ1v) is 8.22. The molecule has 3 rings (SSSR count). The average Bonchev–Trinajstić information content (AvgIpc) is 2.60. The van der Waals surface area contributed by atoms with E-state index in [4.69, 9.17) is 0 Å². The van der Waals surface area contributed by atoms with Crippen LogP contribution < -0.4 is 10.6 Å². The van der Waals surface area contributed by atoms with Crippen molar-refractivity contribution >= 4 is 17.4 Å². The Kier molecular flexibility index (Phi) is 5.22. The summed E-state index contributed by atoms with van der Waals surface area (Å²) in [6, 6.07) is 15.5. The maximum absolute atomic E-state index is 13.6. The first-order valence-electron chi connectivity index (χ1n) is 8.22. The van der Waals surface area contributed by atoms with Crippen LogP contribution in [0.3, 0.4) is 0 Å². The number of aromatic nitrogens is 2. The summed E-state index contributed by atoms with van der Waals surface area (Å²) in [5.74, 6) is -0.142. The van der Waals surface area contributed by atoms with Gasteiger partial charge < -0.3 is 10.6 Å². The molecule has 0 bridgehead atoms. The van der Waals surface area contributed by atoms with Crippen molar-refractivity contribution in [1.29, 1.82) is 0 Å². The van der Waals surface area contributed by atoms with Crippen LogP contribution in [-0.2, 0) is 6.54 Å². The SMILES string of the molecule is Cc1cc(C)cc(NC(=O)c2ccc(NCc3ccccc3F)nn2)c1. The molecule has 1 aromatic heterocycles. The van der Waals surface area contributed by atoms with Crippen molar-refractivity contribution in [3.05, 3.63) is 82.8 Å². The number of nitrogens with zero attached hydrogens (tertiary/aromatic N) is 2. The summed E-state index contributed by atoms with van der Waals surface area (Å²) in [4.78, 5) is 12.3. The lowest BCUT2D eigenvalue weighted by Crippen LogP contribution is -2.15. The number of amides is 1. The second kappa shape index (κ2) is 7.74. The summed E-state index contributed by atoms with van der Waals surface area (Å²) < 4.78 is 13.6. The van der Waals surface area contributed by atoms with E-state index in [0.29, 0.717) is 11.4 Å². The fourth-order valence-corrected chi connectivity index (χ4v) is 2.62. The summed E-state index contributed by atoms with van der Waals surface area (Å²) in [5, 5.41) is 13.7. The molecule has 0 saturated carbocycles. The Hall–Kier alpha value is -3.28. The van der Waals surface area contributed by atoms with Gasteiger partial charge in [-0.05, 0) is 55.3 Å². The van der Waals surface area contributed by atoms with E-state index < -0.39 is 0 Å². The number of hydrogen-bond acceptors (Lipinski definition) is 4. The summed E-state index contributed by atoms with van der Waals surface area (Å²) in [5.41, 5.74) is 3.60. The molecule has 0 radical (unpaired) electrons. The summed E-state index contributed by atoms with van der Waals surface area (Å²) in [6.45, 7) is 4.23. The Morgan fingerprint density at radius 1 is 1.00 bits per heavy atom. The quantitative estimate of drug-likeness (QED) is 0.727. The number of hydrogen-bond donors (Lipinski definition) is 2. The van der Waals surface area contributed by atoms with Crippen LogP contribution >= 0.6 is 0 Å². The van der Waals surface area contributed by atoms with E-state index in [-0.39, 0.29) is 24.0 Å². The van der Waals surface area contributed by atoms with Gasteiger partial charge in [-0.3, -0.25) is 4.79 Å². The van der Waals surface area contributed by atoms with Crippen molar-refractivity contribution in [2.45, 2.75) is 20.4 Å².